The highest BCUT2D eigenvalue weighted by Gasteiger charge is 2.24. The van der Waals surface area contributed by atoms with Gasteiger partial charge in [-0.25, -0.2) is 0 Å². The molecule has 6 heteroatoms. The molecule has 1 amide bonds. The van der Waals surface area contributed by atoms with Crippen LogP contribution >= 0.6 is 0 Å². The van der Waals surface area contributed by atoms with Gasteiger partial charge in [-0.05, 0) is 24.3 Å². The topological polar surface area (TPSA) is 93.8 Å². The molecule has 0 saturated heterocycles. The second-order valence-corrected chi connectivity index (χ2v) is 5.80. The highest BCUT2D eigenvalue weighted by Crippen LogP contribution is 2.18. The maximum Gasteiger partial charge on any atom is 0.248 e. The molecule has 0 saturated carbocycles. The van der Waals surface area contributed by atoms with Crippen LogP contribution in [-0.4, -0.2) is 37.7 Å². The van der Waals surface area contributed by atoms with Crippen molar-refractivity contribution >= 4 is 17.5 Å². The summed E-state index contributed by atoms with van der Waals surface area (Å²) in [5.41, 5.74) is 7.17. The number of aliphatic imine (C=N–C) groups is 1. The molecule has 1 heterocycles. The van der Waals surface area contributed by atoms with Gasteiger partial charge in [-0.3, -0.25) is 14.6 Å². The fourth-order valence-corrected chi connectivity index (χ4v) is 2.72. The van der Waals surface area contributed by atoms with Gasteiger partial charge in [-0.2, -0.15) is 0 Å². The number of nitrogens with zero attached hydrogens (tertiary/aromatic N) is 1. The second kappa shape index (κ2) is 7.17. The first-order valence-corrected chi connectivity index (χ1v) is 7.95. The molecule has 0 fully saturated rings. The first-order valence-electron chi connectivity index (χ1n) is 7.95. The summed E-state index contributed by atoms with van der Waals surface area (Å²) >= 11 is 0. The number of amides is 1. The van der Waals surface area contributed by atoms with Gasteiger partial charge in [0.1, 0.15) is 11.6 Å². The van der Waals surface area contributed by atoms with Crippen LogP contribution in [0.1, 0.15) is 26.3 Å². The standard InChI is InChI=1S/C19H19N3O3/c1-25-16-4-2-3-14(9-16)17(23)15-10-21-19(22-11-15)13-7-5-12(6-8-13)18(20)24/h2-9,15H,10-11H2,1H3,(H2,20,24)(H,21,22). The van der Waals surface area contributed by atoms with Crippen LogP contribution < -0.4 is 15.8 Å². The number of ketones is 1. The van der Waals surface area contributed by atoms with Crippen molar-refractivity contribution in [2.45, 2.75) is 0 Å². The number of amidine groups is 1. The molecule has 3 rings (SSSR count). The van der Waals surface area contributed by atoms with Crippen LogP contribution in [0.25, 0.3) is 0 Å². The molecule has 3 N–H and O–H groups in total. The molecule has 2 aromatic rings. The smallest absolute Gasteiger partial charge is 0.248 e. The highest BCUT2D eigenvalue weighted by atomic mass is 16.5. The monoisotopic (exact) mass is 337 g/mol. The molecule has 128 valence electrons. The summed E-state index contributed by atoms with van der Waals surface area (Å²) < 4.78 is 5.17. The van der Waals surface area contributed by atoms with Crippen LogP contribution in [0, 0.1) is 5.92 Å². The Hall–Kier alpha value is -3.15. The molecule has 0 radical (unpaired) electrons. The van der Waals surface area contributed by atoms with Gasteiger partial charge in [0.2, 0.25) is 5.91 Å². The van der Waals surface area contributed by atoms with Crippen molar-refractivity contribution in [1.29, 1.82) is 0 Å². The molecule has 0 aromatic heterocycles. The van der Waals surface area contributed by atoms with Crippen LogP contribution in [0.3, 0.4) is 0 Å². The fraction of sp³-hybridized carbons (Fsp3) is 0.211. The largest absolute Gasteiger partial charge is 0.497 e. The minimum Gasteiger partial charge on any atom is -0.497 e. The Balaban J connectivity index is 1.71. The number of carbonyl (C=O) groups excluding carboxylic acids is 2. The SMILES string of the molecule is COc1cccc(C(=O)C2CN=C(c3ccc(C(N)=O)cc3)NC2)c1. The summed E-state index contributed by atoms with van der Waals surface area (Å²) in [6, 6.07) is 14.0. The lowest BCUT2D eigenvalue weighted by Crippen LogP contribution is -2.39. The van der Waals surface area contributed by atoms with Gasteiger partial charge in [0, 0.05) is 23.2 Å². The number of nitrogens with one attached hydrogen (secondary N) is 1. The second-order valence-electron chi connectivity index (χ2n) is 5.80. The van der Waals surface area contributed by atoms with E-state index in [1.807, 2.05) is 6.07 Å². The van der Waals surface area contributed by atoms with Crippen LogP contribution in [0.4, 0.5) is 0 Å². The number of carbonyl (C=O) groups is 2. The third kappa shape index (κ3) is 3.68. The number of benzene rings is 2. The number of ether oxygens (including phenoxy) is 1. The van der Waals surface area contributed by atoms with Crippen molar-refractivity contribution in [3.63, 3.8) is 0 Å². The van der Waals surface area contributed by atoms with Crippen molar-refractivity contribution in [2.24, 2.45) is 16.6 Å². The van der Waals surface area contributed by atoms with E-state index in [9.17, 15) is 9.59 Å². The third-order valence-electron chi connectivity index (χ3n) is 4.15. The third-order valence-corrected chi connectivity index (χ3v) is 4.15. The van der Waals surface area contributed by atoms with E-state index in [1.54, 1.807) is 49.6 Å². The summed E-state index contributed by atoms with van der Waals surface area (Å²) in [6.07, 6.45) is 0. The lowest BCUT2D eigenvalue weighted by Gasteiger charge is -2.22. The molecule has 0 bridgehead atoms. The van der Waals surface area contributed by atoms with E-state index in [4.69, 9.17) is 10.5 Å². The quantitative estimate of drug-likeness (QED) is 0.811. The summed E-state index contributed by atoms with van der Waals surface area (Å²) in [4.78, 5) is 28.2. The average Bonchev–Trinajstić information content (AvgIpc) is 2.67. The van der Waals surface area contributed by atoms with Crippen molar-refractivity contribution in [1.82, 2.24) is 5.32 Å². The minimum absolute atomic E-state index is 0.0401. The van der Waals surface area contributed by atoms with Gasteiger partial charge in [-0.15, -0.1) is 0 Å². The molecule has 2 aromatic carbocycles. The van der Waals surface area contributed by atoms with Crippen LogP contribution in [-0.2, 0) is 0 Å². The molecule has 6 nitrogen and oxygen atoms in total. The Labute approximate surface area is 145 Å². The van der Waals surface area contributed by atoms with Gasteiger partial charge in [0.25, 0.3) is 0 Å². The Morgan fingerprint density at radius 3 is 2.52 bits per heavy atom. The molecule has 1 atom stereocenters. The zero-order valence-electron chi connectivity index (χ0n) is 13.9. The van der Waals surface area contributed by atoms with E-state index < -0.39 is 5.91 Å². The van der Waals surface area contributed by atoms with Gasteiger partial charge in [0.15, 0.2) is 5.78 Å². The number of primary amides is 1. The number of rotatable bonds is 5. The predicted octanol–water partition coefficient (Wildman–Crippen LogP) is 1.64. The molecule has 1 aliphatic heterocycles. The Bertz CT molecular complexity index is 828. The van der Waals surface area contributed by atoms with Gasteiger partial charge >= 0.3 is 0 Å². The first kappa shape index (κ1) is 16.7. The Morgan fingerprint density at radius 1 is 1.16 bits per heavy atom. The number of nitrogens with two attached hydrogens (primary N) is 1. The molecular formula is C19H19N3O3. The Morgan fingerprint density at radius 2 is 1.92 bits per heavy atom. The van der Waals surface area contributed by atoms with Crippen LogP contribution in [0.15, 0.2) is 53.5 Å². The highest BCUT2D eigenvalue weighted by molar-refractivity contribution is 6.03. The van der Waals surface area contributed by atoms with Crippen molar-refractivity contribution in [2.75, 3.05) is 20.2 Å². The van der Waals surface area contributed by atoms with Crippen molar-refractivity contribution in [3.05, 3.63) is 65.2 Å². The van der Waals surface area contributed by atoms with E-state index in [2.05, 4.69) is 10.3 Å². The van der Waals surface area contributed by atoms with Gasteiger partial charge in [0.05, 0.1) is 19.6 Å². The number of hydrogen-bond donors (Lipinski definition) is 2. The van der Waals surface area contributed by atoms with Crippen LogP contribution in [0.5, 0.6) is 5.75 Å². The molecule has 1 unspecified atom stereocenters. The fourth-order valence-electron chi connectivity index (χ4n) is 2.72. The zero-order valence-corrected chi connectivity index (χ0v) is 13.9. The number of Topliss-reactive ketones (excluding diaryl/α,β-unsaturated/α-hetero) is 1. The van der Waals surface area contributed by atoms with E-state index in [1.165, 1.54) is 0 Å². The normalized spacial score (nSPS) is 16.5. The van der Waals surface area contributed by atoms with Crippen molar-refractivity contribution in [3.8, 4) is 5.75 Å². The molecule has 0 spiro atoms. The molecule has 25 heavy (non-hydrogen) atoms. The van der Waals surface area contributed by atoms with E-state index in [0.29, 0.717) is 35.8 Å². The van der Waals surface area contributed by atoms with Gasteiger partial charge < -0.3 is 15.8 Å². The average molecular weight is 337 g/mol. The minimum atomic E-state index is -0.464. The first-order chi connectivity index (χ1) is 12.1. The molecular weight excluding hydrogens is 318 g/mol. The lowest BCUT2D eigenvalue weighted by molar-refractivity contribution is 0.0922. The van der Waals surface area contributed by atoms with Crippen LogP contribution in [0.2, 0.25) is 0 Å². The lowest BCUT2D eigenvalue weighted by atomic mass is 9.96. The van der Waals surface area contributed by atoms with Crippen molar-refractivity contribution < 1.29 is 14.3 Å². The predicted molar refractivity (Wildman–Crippen MR) is 95.2 cm³/mol. The van der Waals surface area contributed by atoms with E-state index in [0.717, 1.165) is 5.56 Å². The summed E-state index contributed by atoms with van der Waals surface area (Å²) in [6.45, 7) is 0.919. The molecule has 1 aliphatic rings. The summed E-state index contributed by atoms with van der Waals surface area (Å²) in [5.74, 6) is 0.729. The van der Waals surface area contributed by atoms with E-state index in [-0.39, 0.29) is 11.7 Å². The maximum atomic E-state index is 12.6. The zero-order chi connectivity index (χ0) is 17.8. The summed E-state index contributed by atoms with van der Waals surface area (Å²) in [5, 5.41) is 3.20. The van der Waals surface area contributed by atoms with Gasteiger partial charge in [-0.1, -0.05) is 24.3 Å². The molecule has 0 aliphatic carbocycles. The number of methoxy groups -OCH3 is 1. The Kier molecular flexibility index (Phi) is 4.79. The summed E-state index contributed by atoms with van der Waals surface area (Å²) in [7, 11) is 1.58. The number of hydrogen-bond acceptors (Lipinski definition) is 5. The van der Waals surface area contributed by atoms with E-state index >= 15 is 0 Å². The maximum absolute atomic E-state index is 12.6.